The van der Waals surface area contributed by atoms with Crippen molar-refractivity contribution in [2.75, 3.05) is 24.7 Å². The standard InChI is InChI=1S/C47H39BrN2O7S/c1-2-33(29-46-49(25-27-54-39-17-15-38(48)16-18-39)42-31-36(13-23-44(42)56-46)34-9-5-3-6-10-34)30-47-50(26-28-55-40-19-21-41(22-20-40)58(51,52)53)43-32-37(14-24-45(43)57-47)35-11-7-4-8-12-35/h3-24,29-32H,2,25-28H2,1H3/p+1. The quantitative estimate of drug-likeness (QED) is 0.0852. The molecule has 0 amide bonds. The second-order valence-corrected chi connectivity index (χ2v) is 15.9. The Morgan fingerprint density at radius 1 is 0.759 bits per heavy atom. The highest BCUT2D eigenvalue weighted by molar-refractivity contribution is 9.10. The maximum Gasteiger partial charge on any atom is 0.374 e. The lowest BCUT2D eigenvalue weighted by Crippen LogP contribution is -2.38. The minimum Gasteiger partial charge on any atom is -0.492 e. The molecule has 11 heteroatoms. The van der Waals surface area contributed by atoms with Crippen LogP contribution in [0.25, 0.3) is 39.4 Å². The third-order valence-electron chi connectivity index (χ3n) is 9.80. The Morgan fingerprint density at radius 3 is 2.03 bits per heavy atom. The predicted molar refractivity (Wildman–Crippen MR) is 229 cm³/mol. The molecule has 1 aromatic heterocycles. The zero-order valence-electron chi connectivity index (χ0n) is 31.6. The summed E-state index contributed by atoms with van der Waals surface area (Å²) < 4.78 is 61.0. The van der Waals surface area contributed by atoms with Gasteiger partial charge in [0.05, 0.1) is 23.2 Å². The van der Waals surface area contributed by atoms with Crippen LogP contribution in [0.5, 0.6) is 17.2 Å². The number of hydrogen-bond acceptors (Lipinski definition) is 7. The summed E-state index contributed by atoms with van der Waals surface area (Å²) in [5.74, 6) is 3.28. The Kier molecular flexibility index (Phi) is 11.5. The van der Waals surface area contributed by atoms with E-state index in [1.54, 1.807) is 0 Å². The van der Waals surface area contributed by atoms with Crippen molar-refractivity contribution in [2.45, 2.75) is 24.8 Å². The molecule has 6 aromatic carbocycles. The van der Waals surface area contributed by atoms with E-state index in [1.165, 1.54) is 24.3 Å². The third-order valence-corrected chi connectivity index (χ3v) is 11.2. The van der Waals surface area contributed by atoms with Gasteiger partial charge >= 0.3 is 5.89 Å². The van der Waals surface area contributed by atoms with E-state index >= 15 is 0 Å². The van der Waals surface area contributed by atoms with Gasteiger partial charge in [-0.25, -0.2) is 0 Å². The fourth-order valence-electron chi connectivity index (χ4n) is 6.81. The second kappa shape index (κ2) is 17.2. The number of ether oxygens (including phenoxy) is 3. The van der Waals surface area contributed by atoms with Gasteiger partial charge < -0.3 is 23.5 Å². The highest BCUT2D eigenvalue weighted by Crippen LogP contribution is 2.42. The molecule has 0 radical (unpaired) electrons. The largest absolute Gasteiger partial charge is 0.492 e. The van der Waals surface area contributed by atoms with Crippen molar-refractivity contribution in [2.24, 2.45) is 0 Å². The zero-order chi connectivity index (χ0) is 40.1. The first-order valence-corrected chi connectivity index (χ1v) is 21.1. The van der Waals surface area contributed by atoms with Crippen molar-refractivity contribution in [1.82, 2.24) is 0 Å². The van der Waals surface area contributed by atoms with Crippen molar-refractivity contribution in [3.05, 3.63) is 173 Å². The van der Waals surface area contributed by atoms with Crippen LogP contribution in [-0.4, -0.2) is 32.7 Å². The SMILES string of the molecule is CCC(=Cc1oc2ccc(-c3ccccc3)cc2[n+]1CCOc1ccc(Br)cc1)C=C1Oc2ccc(-c3ccccc3)cc2N1CCOc1ccc(S(=O)(=O)O)cc1. The first-order chi connectivity index (χ1) is 28.2. The van der Waals surface area contributed by atoms with E-state index in [9.17, 15) is 13.0 Å². The summed E-state index contributed by atoms with van der Waals surface area (Å²) in [5, 5.41) is 0. The third kappa shape index (κ3) is 8.87. The Hall–Kier alpha value is -6.14. The minimum atomic E-state index is -4.31. The van der Waals surface area contributed by atoms with Crippen LogP contribution < -0.4 is 23.7 Å². The molecule has 0 unspecified atom stereocenters. The van der Waals surface area contributed by atoms with Crippen molar-refractivity contribution < 1.29 is 36.2 Å². The number of benzene rings is 6. The van der Waals surface area contributed by atoms with Crippen LogP contribution in [0.15, 0.2) is 177 Å². The van der Waals surface area contributed by atoms with E-state index in [0.717, 1.165) is 60.6 Å². The maximum atomic E-state index is 11.6. The Labute approximate surface area is 345 Å². The van der Waals surface area contributed by atoms with Gasteiger partial charge in [0.25, 0.3) is 15.6 Å². The van der Waals surface area contributed by atoms with Crippen LogP contribution in [0, 0.1) is 0 Å². The van der Waals surface area contributed by atoms with E-state index in [0.29, 0.717) is 43.6 Å². The molecule has 7 aromatic rings. The summed E-state index contributed by atoms with van der Waals surface area (Å²) in [4.78, 5) is 1.89. The summed E-state index contributed by atoms with van der Waals surface area (Å²) in [5.41, 5.74) is 7.92. The molecule has 0 spiro atoms. The molecule has 0 saturated carbocycles. The normalized spacial score (nSPS) is 13.5. The summed E-state index contributed by atoms with van der Waals surface area (Å²) >= 11 is 3.50. The van der Waals surface area contributed by atoms with Crippen molar-refractivity contribution in [1.29, 1.82) is 0 Å². The van der Waals surface area contributed by atoms with E-state index in [2.05, 4.69) is 86.9 Å². The number of fused-ring (bicyclic) bond motifs is 2. The van der Waals surface area contributed by atoms with Crippen LogP contribution in [-0.2, 0) is 16.7 Å². The van der Waals surface area contributed by atoms with Crippen molar-refractivity contribution in [3.8, 4) is 39.5 Å². The topological polar surface area (TPSA) is 102 Å². The van der Waals surface area contributed by atoms with Crippen LogP contribution in [0.1, 0.15) is 19.2 Å². The van der Waals surface area contributed by atoms with E-state index in [4.69, 9.17) is 18.6 Å². The Morgan fingerprint density at radius 2 is 1.38 bits per heavy atom. The predicted octanol–water partition coefficient (Wildman–Crippen LogP) is 10.8. The molecule has 9 nitrogen and oxygen atoms in total. The van der Waals surface area contributed by atoms with E-state index < -0.39 is 10.1 Å². The lowest BCUT2D eigenvalue weighted by molar-refractivity contribution is -0.678. The molecule has 0 saturated heterocycles. The van der Waals surface area contributed by atoms with Gasteiger partial charge in [-0.15, -0.1) is 0 Å². The lowest BCUT2D eigenvalue weighted by atomic mass is 10.0. The molecule has 2 heterocycles. The first kappa shape index (κ1) is 38.7. The highest BCUT2D eigenvalue weighted by Gasteiger charge is 2.28. The van der Waals surface area contributed by atoms with Gasteiger partial charge in [0.1, 0.15) is 24.7 Å². The molecular weight excluding hydrogens is 816 g/mol. The molecule has 292 valence electrons. The minimum absolute atomic E-state index is 0.196. The average molecular weight is 857 g/mol. The number of nitrogens with zero attached hydrogens (tertiary/aromatic N) is 2. The Bertz CT molecular complexity index is 2720. The van der Waals surface area contributed by atoms with Crippen LogP contribution in [0.3, 0.4) is 0 Å². The number of aromatic nitrogens is 1. The van der Waals surface area contributed by atoms with Crippen LogP contribution >= 0.6 is 15.9 Å². The zero-order valence-corrected chi connectivity index (χ0v) is 34.0. The first-order valence-electron chi connectivity index (χ1n) is 18.9. The number of anilines is 1. The molecule has 8 rings (SSSR count). The molecule has 0 bridgehead atoms. The number of rotatable bonds is 14. The fraction of sp³-hybridized carbons (Fsp3) is 0.128. The monoisotopic (exact) mass is 855 g/mol. The number of oxazole rings is 1. The second-order valence-electron chi connectivity index (χ2n) is 13.6. The fourth-order valence-corrected chi connectivity index (χ4v) is 7.55. The molecule has 0 fully saturated rings. The van der Waals surface area contributed by atoms with Gasteiger partial charge in [-0.05, 0) is 101 Å². The van der Waals surface area contributed by atoms with Gasteiger partial charge in [0.2, 0.25) is 11.5 Å². The average Bonchev–Trinajstić information content (AvgIpc) is 3.77. The summed E-state index contributed by atoms with van der Waals surface area (Å²) in [6, 6.07) is 46.4. The van der Waals surface area contributed by atoms with Gasteiger partial charge in [-0.2, -0.15) is 13.0 Å². The summed E-state index contributed by atoms with van der Waals surface area (Å²) in [6.07, 6.45) is 4.78. The van der Waals surface area contributed by atoms with Crippen LogP contribution in [0.2, 0.25) is 0 Å². The summed E-state index contributed by atoms with van der Waals surface area (Å²) in [6.45, 7) is 3.75. The van der Waals surface area contributed by atoms with Gasteiger partial charge in [0, 0.05) is 16.6 Å². The molecule has 0 atom stereocenters. The van der Waals surface area contributed by atoms with E-state index in [-0.39, 0.29) is 11.5 Å². The van der Waals surface area contributed by atoms with Crippen molar-refractivity contribution >= 4 is 48.9 Å². The number of halogens is 1. The number of hydrogen-bond donors (Lipinski definition) is 1. The molecule has 1 aliphatic rings. The summed E-state index contributed by atoms with van der Waals surface area (Å²) in [7, 11) is -4.31. The maximum absolute atomic E-state index is 11.6. The lowest BCUT2D eigenvalue weighted by Gasteiger charge is -2.19. The van der Waals surface area contributed by atoms with Crippen molar-refractivity contribution in [3.63, 3.8) is 0 Å². The molecule has 1 aliphatic heterocycles. The smallest absolute Gasteiger partial charge is 0.374 e. The van der Waals surface area contributed by atoms with Gasteiger partial charge in [-0.3, -0.25) is 4.55 Å². The molecule has 0 aliphatic carbocycles. The van der Waals surface area contributed by atoms with Gasteiger partial charge in [-0.1, -0.05) is 95.7 Å². The Balaban J connectivity index is 1.13. The molecular formula is C47H40BrN2O7S+. The number of allylic oxidation sites excluding steroid dienone is 2. The van der Waals surface area contributed by atoms with Crippen LogP contribution in [0.4, 0.5) is 5.69 Å². The van der Waals surface area contributed by atoms with Gasteiger partial charge in [0.15, 0.2) is 12.3 Å². The highest BCUT2D eigenvalue weighted by atomic mass is 79.9. The van der Waals surface area contributed by atoms with E-state index in [1.807, 2.05) is 78.9 Å². The molecule has 58 heavy (non-hydrogen) atoms. The molecule has 1 N–H and O–H groups in total.